The van der Waals surface area contributed by atoms with Crippen molar-refractivity contribution in [2.75, 3.05) is 6.54 Å². The van der Waals surface area contributed by atoms with E-state index in [0.717, 1.165) is 5.56 Å². The second kappa shape index (κ2) is 7.46. The number of benzene rings is 2. The maximum atomic E-state index is 14.1. The molecule has 112 valence electrons. The zero-order valence-corrected chi connectivity index (χ0v) is 13.7. The largest absolute Gasteiger partial charge is 0.310 e. The Bertz CT molecular complexity index is 631. The summed E-state index contributed by atoms with van der Waals surface area (Å²) >= 11 is 18.2. The van der Waals surface area contributed by atoms with Crippen molar-refractivity contribution < 1.29 is 4.39 Å². The highest BCUT2D eigenvalue weighted by Crippen LogP contribution is 2.30. The van der Waals surface area contributed by atoms with E-state index < -0.39 is 0 Å². The monoisotopic (exact) mass is 345 g/mol. The van der Waals surface area contributed by atoms with Gasteiger partial charge in [-0.1, -0.05) is 53.9 Å². The molecule has 0 aliphatic rings. The topological polar surface area (TPSA) is 12.0 Å². The van der Waals surface area contributed by atoms with Crippen LogP contribution in [0.15, 0.2) is 36.4 Å². The van der Waals surface area contributed by atoms with Gasteiger partial charge in [0, 0.05) is 16.6 Å². The van der Waals surface area contributed by atoms with Crippen LogP contribution >= 0.6 is 34.8 Å². The predicted molar refractivity (Wildman–Crippen MR) is 88.0 cm³/mol. The van der Waals surface area contributed by atoms with Crippen LogP contribution in [-0.4, -0.2) is 6.54 Å². The fourth-order valence-corrected chi connectivity index (χ4v) is 2.82. The quantitative estimate of drug-likeness (QED) is 0.734. The molecule has 1 N–H and O–H groups in total. The molecule has 0 saturated heterocycles. The van der Waals surface area contributed by atoms with Crippen LogP contribution in [0.1, 0.15) is 24.1 Å². The van der Waals surface area contributed by atoms with Gasteiger partial charge in [0.05, 0.1) is 10.0 Å². The molecule has 2 rings (SSSR count). The van der Waals surface area contributed by atoms with Crippen molar-refractivity contribution in [3.05, 3.63) is 68.4 Å². The normalized spacial score (nSPS) is 12.4. The van der Waals surface area contributed by atoms with E-state index >= 15 is 0 Å². The van der Waals surface area contributed by atoms with Crippen molar-refractivity contribution in [2.45, 2.75) is 19.4 Å². The lowest BCUT2D eigenvalue weighted by Crippen LogP contribution is -2.24. The maximum Gasteiger partial charge on any atom is 0.128 e. The van der Waals surface area contributed by atoms with Gasteiger partial charge in [-0.15, -0.1) is 0 Å². The third-order valence-electron chi connectivity index (χ3n) is 3.24. The number of hydrogen-bond acceptors (Lipinski definition) is 1. The highest BCUT2D eigenvalue weighted by Gasteiger charge is 2.18. The highest BCUT2D eigenvalue weighted by atomic mass is 35.5. The van der Waals surface area contributed by atoms with Gasteiger partial charge in [-0.2, -0.15) is 0 Å². The fraction of sp³-hybridized carbons (Fsp3) is 0.250. The van der Waals surface area contributed by atoms with Crippen molar-refractivity contribution in [1.82, 2.24) is 5.32 Å². The molecule has 0 aliphatic carbocycles. The molecule has 0 spiro atoms. The van der Waals surface area contributed by atoms with Gasteiger partial charge in [0.15, 0.2) is 0 Å². The summed E-state index contributed by atoms with van der Waals surface area (Å²) < 4.78 is 14.1. The van der Waals surface area contributed by atoms with Crippen LogP contribution in [0.3, 0.4) is 0 Å². The minimum Gasteiger partial charge on any atom is -0.310 e. The molecular weight excluding hydrogens is 332 g/mol. The lowest BCUT2D eigenvalue weighted by atomic mass is 9.98. The fourth-order valence-electron chi connectivity index (χ4n) is 2.25. The first kappa shape index (κ1) is 16.6. The summed E-state index contributed by atoms with van der Waals surface area (Å²) in [6.07, 6.45) is 0.532. The second-order valence-electron chi connectivity index (χ2n) is 4.69. The minimum atomic E-state index is -0.288. The van der Waals surface area contributed by atoms with E-state index in [1.807, 2.05) is 19.1 Å². The molecule has 0 fully saturated rings. The van der Waals surface area contributed by atoms with Gasteiger partial charge < -0.3 is 5.32 Å². The molecule has 1 atom stereocenters. The Morgan fingerprint density at radius 3 is 2.62 bits per heavy atom. The Kier molecular flexibility index (Phi) is 5.88. The van der Waals surface area contributed by atoms with E-state index in [1.165, 1.54) is 12.1 Å². The van der Waals surface area contributed by atoms with Gasteiger partial charge in [-0.25, -0.2) is 4.39 Å². The molecule has 0 amide bonds. The van der Waals surface area contributed by atoms with E-state index in [9.17, 15) is 4.39 Å². The number of hydrogen-bond donors (Lipinski definition) is 1. The summed E-state index contributed by atoms with van der Waals surface area (Å²) in [5, 5.41) is 4.77. The standard InChI is InChI=1S/C16H15Cl3FN/c1-2-21-15(12-9-11(17)6-7-14(12)20)8-10-4-3-5-13(18)16(10)19/h3-7,9,15,21H,2,8H2,1H3. The lowest BCUT2D eigenvalue weighted by molar-refractivity contribution is 0.510. The van der Waals surface area contributed by atoms with Crippen LogP contribution in [0.5, 0.6) is 0 Å². The Hall–Kier alpha value is -0.800. The average Bonchev–Trinajstić information content (AvgIpc) is 2.46. The highest BCUT2D eigenvalue weighted by molar-refractivity contribution is 6.42. The van der Waals surface area contributed by atoms with Crippen molar-refractivity contribution >= 4 is 34.8 Å². The molecule has 0 aromatic heterocycles. The summed E-state index contributed by atoms with van der Waals surface area (Å²) in [5.74, 6) is -0.288. The molecule has 0 aliphatic heterocycles. The molecule has 1 nitrogen and oxygen atoms in total. The van der Waals surface area contributed by atoms with E-state index in [-0.39, 0.29) is 11.9 Å². The summed E-state index contributed by atoms with van der Waals surface area (Å²) in [6.45, 7) is 2.67. The molecule has 0 heterocycles. The van der Waals surface area contributed by atoms with Crippen LogP contribution in [0.25, 0.3) is 0 Å². The van der Waals surface area contributed by atoms with E-state index in [1.54, 1.807) is 12.1 Å². The zero-order chi connectivity index (χ0) is 15.4. The third-order valence-corrected chi connectivity index (χ3v) is 4.33. The van der Waals surface area contributed by atoms with Crippen LogP contribution in [0.4, 0.5) is 4.39 Å². The first-order valence-electron chi connectivity index (χ1n) is 6.64. The third kappa shape index (κ3) is 4.10. The van der Waals surface area contributed by atoms with Crippen molar-refractivity contribution in [3.8, 4) is 0 Å². The van der Waals surface area contributed by atoms with Crippen molar-refractivity contribution in [3.63, 3.8) is 0 Å². The number of rotatable bonds is 5. The second-order valence-corrected chi connectivity index (χ2v) is 5.91. The van der Waals surface area contributed by atoms with Crippen LogP contribution in [0, 0.1) is 5.82 Å². The lowest BCUT2D eigenvalue weighted by Gasteiger charge is -2.20. The van der Waals surface area contributed by atoms with Gasteiger partial charge in [0.1, 0.15) is 5.82 Å². The summed E-state index contributed by atoms with van der Waals surface area (Å²) in [7, 11) is 0. The van der Waals surface area contributed by atoms with E-state index in [2.05, 4.69) is 5.32 Å². The van der Waals surface area contributed by atoms with Crippen molar-refractivity contribution in [2.24, 2.45) is 0 Å². The molecule has 1 unspecified atom stereocenters. The summed E-state index contributed by atoms with van der Waals surface area (Å²) in [5.41, 5.74) is 1.40. The van der Waals surface area contributed by atoms with Crippen LogP contribution in [0.2, 0.25) is 15.1 Å². The Balaban J connectivity index is 2.35. The van der Waals surface area contributed by atoms with Gasteiger partial charge in [0.2, 0.25) is 0 Å². The van der Waals surface area contributed by atoms with Crippen LogP contribution in [-0.2, 0) is 6.42 Å². The van der Waals surface area contributed by atoms with Gasteiger partial charge in [0.25, 0.3) is 0 Å². The number of likely N-dealkylation sites (N-methyl/N-ethyl adjacent to an activating group) is 1. The Morgan fingerprint density at radius 2 is 1.90 bits per heavy atom. The average molecular weight is 347 g/mol. The van der Waals surface area contributed by atoms with Crippen LogP contribution < -0.4 is 5.32 Å². The number of nitrogens with one attached hydrogen (secondary N) is 1. The smallest absolute Gasteiger partial charge is 0.128 e. The Labute approximate surface area is 139 Å². The Morgan fingerprint density at radius 1 is 1.14 bits per heavy atom. The van der Waals surface area contributed by atoms with Crippen molar-refractivity contribution in [1.29, 1.82) is 0 Å². The maximum absolute atomic E-state index is 14.1. The van der Waals surface area contributed by atoms with E-state index in [0.29, 0.717) is 33.6 Å². The molecular formula is C16H15Cl3FN. The van der Waals surface area contributed by atoms with Gasteiger partial charge in [-0.3, -0.25) is 0 Å². The minimum absolute atomic E-state index is 0.218. The molecule has 0 saturated carbocycles. The number of halogens is 4. The van der Waals surface area contributed by atoms with E-state index in [4.69, 9.17) is 34.8 Å². The molecule has 2 aromatic rings. The van der Waals surface area contributed by atoms with Gasteiger partial charge >= 0.3 is 0 Å². The first-order valence-corrected chi connectivity index (χ1v) is 7.77. The zero-order valence-electron chi connectivity index (χ0n) is 11.5. The molecule has 2 aromatic carbocycles. The molecule has 0 radical (unpaired) electrons. The predicted octanol–water partition coefficient (Wildman–Crippen LogP) is 5.68. The molecule has 5 heteroatoms. The molecule has 21 heavy (non-hydrogen) atoms. The summed E-state index contributed by atoms with van der Waals surface area (Å²) in [6, 6.07) is 9.79. The first-order chi connectivity index (χ1) is 10.0. The molecule has 0 bridgehead atoms. The summed E-state index contributed by atoms with van der Waals surface area (Å²) in [4.78, 5) is 0. The van der Waals surface area contributed by atoms with Gasteiger partial charge in [-0.05, 0) is 42.8 Å². The SMILES string of the molecule is CCNC(Cc1cccc(Cl)c1Cl)c1cc(Cl)ccc1F.